The zero-order chi connectivity index (χ0) is 14.8. The van der Waals surface area contributed by atoms with Crippen LogP contribution in [0, 0.1) is 18.3 Å². The van der Waals surface area contributed by atoms with Crippen molar-refractivity contribution in [1.29, 1.82) is 0 Å². The molecule has 112 valence electrons. The van der Waals surface area contributed by atoms with Gasteiger partial charge in [-0.25, -0.2) is 0 Å². The molecule has 3 aliphatic carbocycles. The van der Waals surface area contributed by atoms with E-state index in [0.29, 0.717) is 13.0 Å². The number of alkyl halides is 1. The lowest BCUT2D eigenvalue weighted by Gasteiger charge is -2.55. The first-order chi connectivity index (χ1) is 10.0. The van der Waals surface area contributed by atoms with Crippen molar-refractivity contribution >= 4 is 21.7 Å². The summed E-state index contributed by atoms with van der Waals surface area (Å²) in [7, 11) is 0. The van der Waals surface area contributed by atoms with Gasteiger partial charge in [0.2, 0.25) is 0 Å². The predicted molar refractivity (Wildman–Crippen MR) is 82.6 cm³/mol. The highest BCUT2D eigenvalue weighted by molar-refractivity contribution is 9.09. The SMILES string of the molecule is Cc1cccc(C2CC3C(Br)CC2(CO)C(=O)[C@]32CO2)c1. The third-order valence-electron chi connectivity index (χ3n) is 5.77. The number of epoxide rings is 1. The van der Waals surface area contributed by atoms with Crippen molar-refractivity contribution in [2.24, 2.45) is 11.3 Å². The molecule has 1 spiro atoms. The number of ether oxygens (including phenoxy) is 1. The summed E-state index contributed by atoms with van der Waals surface area (Å²) in [6.07, 6.45) is 1.61. The Morgan fingerprint density at radius 3 is 2.86 bits per heavy atom. The zero-order valence-electron chi connectivity index (χ0n) is 12.0. The summed E-state index contributed by atoms with van der Waals surface area (Å²) in [6, 6.07) is 8.35. The van der Waals surface area contributed by atoms with Crippen LogP contribution in [0.1, 0.15) is 29.9 Å². The lowest BCUT2D eigenvalue weighted by molar-refractivity contribution is -0.153. The van der Waals surface area contributed by atoms with Crippen LogP contribution in [-0.4, -0.2) is 34.5 Å². The van der Waals surface area contributed by atoms with Crippen LogP contribution in [0.5, 0.6) is 0 Å². The van der Waals surface area contributed by atoms with E-state index in [1.165, 1.54) is 11.1 Å². The molecule has 0 amide bonds. The van der Waals surface area contributed by atoms with E-state index in [1.54, 1.807) is 0 Å². The van der Waals surface area contributed by atoms with Gasteiger partial charge in [0.15, 0.2) is 11.4 Å². The highest BCUT2D eigenvalue weighted by Crippen LogP contribution is 2.64. The number of aliphatic hydroxyl groups is 1. The van der Waals surface area contributed by atoms with E-state index in [4.69, 9.17) is 4.74 Å². The number of halogens is 1. The average Bonchev–Trinajstić information content (AvgIpc) is 3.25. The third kappa shape index (κ3) is 1.70. The predicted octanol–water partition coefficient (Wildman–Crippen LogP) is 2.58. The van der Waals surface area contributed by atoms with Gasteiger partial charge in [-0.15, -0.1) is 0 Å². The molecule has 4 aliphatic rings. The Morgan fingerprint density at radius 2 is 2.24 bits per heavy atom. The average molecular weight is 351 g/mol. The molecule has 3 nitrogen and oxygen atoms in total. The minimum Gasteiger partial charge on any atom is -0.395 e. The Bertz CT molecular complexity index is 610. The smallest absolute Gasteiger partial charge is 0.176 e. The minimum absolute atomic E-state index is 0.0929. The lowest BCUT2D eigenvalue weighted by Crippen LogP contribution is -2.63. The second-order valence-corrected chi connectivity index (χ2v) is 8.03. The molecule has 0 aromatic heterocycles. The van der Waals surface area contributed by atoms with Crippen LogP contribution in [0.2, 0.25) is 0 Å². The zero-order valence-corrected chi connectivity index (χ0v) is 13.6. The fraction of sp³-hybridized carbons (Fsp3) is 0.588. The normalized spacial score (nSPS) is 44.3. The fourth-order valence-corrected chi connectivity index (χ4v) is 5.81. The molecule has 0 radical (unpaired) electrons. The highest BCUT2D eigenvalue weighted by Gasteiger charge is 2.73. The number of fused-ring (bicyclic) bond motifs is 2. The first-order valence-corrected chi connectivity index (χ1v) is 8.45. The van der Waals surface area contributed by atoms with E-state index in [-0.39, 0.29) is 29.1 Å². The van der Waals surface area contributed by atoms with Crippen molar-refractivity contribution in [3.8, 4) is 0 Å². The second-order valence-electron chi connectivity index (χ2n) is 6.85. The van der Waals surface area contributed by atoms with Crippen LogP contribution in [0.15, 0.2) is 24.3 Å². The monoisotopic (exact) mass is 350 g/mol. The molecule has 3 saturated carbocycles. The van der Waals surface area contributed by atoms with Crippen LogP contribution in [0.4, 0.5) is 0 Å². The maximum atomic E-state index is 13.0. The van der Waals surface area contributed by atoms with Crippen LogP contribution >= 0.6 is 15.9 Å². The number of benzene rings is 1. The largest absolute Gasteiger partial charge is 0.395 e. The number of hydrogen-bond acceptors (Lipinski definition) is 3. The molecule has 1 aromatic rings. The number of hydrogen-bond donors (Lipinski definition) is 1. The van der Waals surface area contributed by atoms with Gasteiger partial charge in [-0.3, -0.25) is 4.79 Å². The van der Waals surface area contributed by atoms with Crippen molar-refractivity contribution in [2.45, 2.75) is 36.1 Å². The van der Waals surface area contributed by atoms with Crippen molar-refractivity contribution in [2.75, 3.05) is 13.2 Å². The molecule has 5 rings (SSSR count). The first-order valence-electron chi connectivity index (χ1n) is 7.54. The summed E-state index contributed by atoms with van der Waals surface area (Å²) in [4.78, 5) is 13.3. The number of carbonyl (C=O) groups excluding carboxylic acids is 1. The van der Waals surface area contributed by atoms with Gasteiger partial charge in [0.25, 0.3) is 0 Å². The second kappa shape index (κ2) is 4.40. The van der Waals surface area contributed by atoms with Gasteiger partial charge >= 0.3 is 0 Å². The molecule has 4 heteroatoms. The van der Waals surface area contributed by atoms with Gasteiger partial charge < -0.3 is 9.84 Å². The number of carbonyl (C=O) groups is 1. The van der Waals surface area contributed by atoms with E-state index in [2.05, 4.69) is 41.1 Å². The minimum atomic E-state index is -0.687. The Hall–Kier alpha value is -0.710. The van der Waals surface area contributed by atoms with Crippen LogP contribution < -0.4 is 0 Å². The molecular formula is C17H19BrO3. The summed E-state index contributed by atoms with van der Waals surface area (Å²) in [6.45, 7) is 2.50. The molecule has 1 saturated heterocycles. The molecule has 4 unspecified atom stereocenters. The van der Waals surface area contributed by atoms with Gasteiger partial charge in [-0.2, -0.15) is 0 Å². The Labute approximate surface area is 132 Å². The van der Waals surface area contributed by atoms with Crippen LogP contribution in [-0.2, 0) is 9.53 Å². The lowest BCUT2D eigenvalue weighted by atomic mass is 9.49. The topological polar surface area (TPSA) is 49.8 Å². The molecule has 1 N–H and O–H groups in total. The molecule has 21 heavy (non-hydrogen) atoms. The van der Waals surface area contributed by atoms with Crippen LogP contribution in [0.25, 0.3) is 0 Å². The quantitative estimate of drug-likeness (QED) is 0.658. The maximum Gasteiger partial charge on any atom is 0.176 e. The maximum absolute atomic E-state index is 13.0. The number of Topliss-reactive ketones (excluding diaryl/α,β-unsaturated/α-hetero) is 1. The molecule has 5 atom stereocenters. The van der Waals surface area contributed by atoms with Gasteiger partial charge in [-0.1, -0.05) is 45.8 Å². The number of ketones is 1. The first kappa shape index (κ1) is 13.9. The molecule has 2 bridgehead atoms. The van der Waals surface area contributed by atoms with Crippen LogP contribution in [0.3, 0.4) is 0 Å². The van der Waals surface area contributed by atoms with E-state index >= 15 is 0 Å². The van der Waals surface area contributed by atoms with Crippen molar-refractivity contribution < 1.29 is 14.6 Å². The summed E-state index contributed by atoms with van der Waals surface area (Å²) < 4.78 is 5.60. The van der Waals surface area contributed by atoms with Gasteiger partial charge in [0.1, 0.15) is 0 Å². The number of aryl methyl sites for hydroxylation is 1. The van der Waals surface area contributed by atoms with Gasteiger partial charge in [-0.05, 0) is 31.2 Å². The Morgan fingerprint density at radius 1 is 1.48 bits per heavy atom. The van der Waals surface area contributed by atoms with Crippen molar-refractivity contribution in [3.05, 3.63) is 35.4 Å². The highest BCUT2D eigenvalue weighted by atomic mass is 79.9. The van der Waals surface area contributed by atoms with E-state index < -0.39 is 11.0 Å². The van der Waals surface area contributed by atoms with Gasteiger partial charge in [0, 0.05) is 10.7 Å². The van der Waals surface area contributed by atoms with Gasteiger partial charge in [0.05, 0.1) is 18.6 Å². The Kier molecular flexibility index (Phi) is 2.92. The molecule has 4 fully saturated rings. The number of rotatable bonds is 2. The fourth-order valence-electron chi connectivity index (χ4n) is 4.59. The Balaban J connectivity index is 1.82. The van der Waals surface area contributed by atoms with E-state index in [1.807, 2.05) is 6.07 Å². The summed E-state index contributed by atoms with van der Waals surface area (Å²) in [5.41, 5.74) is 1.09. The molecular weight excluding hydrogens is 332 g/mol. The standard InChI is InChI=1S/C17H19BrO3/c1-10-3-2-4-11(5-10)12-6-13-14(18)7-16(12,8-19)15(20)17(13)9-21-17/h2-5,12-14,19H,6-9H2,1H3/t12?,13?,14?,16?,17-/m0/s1. The third-order valence-corrected chi connectivity index (χ3v) is 6.73. The molecule has 1 heterocycles. The van der Waals surface area contributed by atoms with Crippen molar-refractivity contribution in [3.63, 3.8) is 0 Å². The summed E-state index contributed by atoms with van der Waals surface area (Å²) in [5.74, 6) is 0.461. The van der Waals surface area contributed by atoms with E-state index in [0.717, 1.165) is 6.42 Å². The van der Waals surface area contributed by atoms with E-state index in [9.17, 15) is 9.90 Å². The summed E-state index contributed by atoms with van der Waals surface area (Å²) in [5, 5.41) is 10.1. The molecule has 1 aliphatic heterocycles. The number of aliphatic hydroxyl groups excluding tert-OH is 1. The summed E-state index contributed by atoms with van der Waals surface area (Å²) >= 11 is 3.74. The molecule has 1 aromatic carbocycles. The van der Waals surface area contributed by atoms with Crippen molar-refractivity contribution in [1.82, 2.24) is 0 Å².